The number of hydrogen-bond donors (Lipinski definition) is 1. The van der Waals surface area contributed by atoms with E-state index < -0.39 is 10.0 Å². The van der Waals surface area contributed by atoms with Crippen molar-refractivity contribution in [3.05, 3.63) is 65.2 Å². The van der Waals surface area contributed by atoms with Gasteiger partial charge in [-0.3, -0.25) is 4.79 Å². The maximum absolute atomic E-state index is 13.1. The molecule has 1 aliphatic carbocycles. The van der Waals surface area contributed by atoms with Gasteiger partial charge in [-0.1, -0.05) is 48.0 Å². The van der Waals surface area contributed by atoms with Gasteiger partial charge < -0.3 is 5.32 Å². The van der Waals surface area contributed by atoms with E-state index >= 15 is 0 Å². The van der Waals surface area contributed by atoms with Gasteiger partial charge in [0.2, 0.25) is 15.9 Å². The summed E-state index contributed by atoms with van der Waals surface area (Å²) in [7, 11) is -3.53. The summed E-state index contributed by atoms with van der Waals surface area (Å²) in [5.74, 6) is 0.432. The molecule has 1 N–H and O–H groups in total. The summed E-state index contributed by atoms with van der Waals surface area (Å²) in [6.07, 6.45) is 3.41. The molecule has 1 aliphatic heterocycles. The van der Waals surface area contributed by atoms with Crippen molar-refractivity contribution in [3.8, 4) is 0 Å². The van der Waals surface area contributed by atoms with Gasteiger partial charge in [-0.15, -0.1) is 0 Å². The normalized spacial score (nSPS) is 19.4. The van der Waals surface area contributed by atoms with Crippen molar-refractivity contribution in [1.29, 1.82) is 0 Å². The quantitative estimate of drug-likeness (QED) is 0.760. The van der Waals surface area contributed by atoms with Gasteiger partial charge in [0.05, 0.1) is 10.9 Å². The Morgan fingerprint density at radius 2 is 1.67 bits per heavy atom. The molecule has 0 radical (unpaired) electrons. The van der Waals surface area contributed by atoms with E-state index in [9.17, 15) is 13.2 Å². The number of carbonyl (C=O) groups is 1. The maximum Gasteiger partial charge on any atom is 0.243 e. The molecule has 160 valence electrons. The first-order chi connectivity index (χ1) is 14.4. The number of carbonyl (C=O) groups excluding carboxylic acids is 1. The molecule has 0 unspecified atom stereocenters. The molecule has 0 spiro atoms. The lowest BCUT2D eigenvalue weighted by Gasteiger charge is -2.32. The first-order valence-corrected chi connectivity index (χ1v) is 12.2. The zero-order valence-corrected chi connectivity index (χ0v) is 18.5. The van der Waals surface area contributed by atoms with Crippen molar-refractivity contribution in [2.45, 2.75) is 50.5 Å². The Balaban J connectivity index is 1.39. The summed E-state index contributed by atoms with van der Waals surface area (Å²) in [5, 5.41) is 3.26. The number of nitrogens with zero attached hydrogens (tertiary/aromatic N) is 1. The Hall–Kier alpha value is -2.18. The monoisotopic (exact) mass is 426 g/mol. The zero-order valence-electron chi connectivity index (χ0n) is 17.7. The van der Waals surface area contributed by atoms with Crippen LogP contribution in [0.4, 0.5) is 0 Å². The van der Waals surface area contributed by atoms with Crippen LogP contribution >= 0.6 is 0 Å². The van der Waals surface area contributed by atoms with Gasteiger partial charge in [-0.25, -0.2) is 8.42 Å². The smallest absolute Gasteiger partial charge is 0.243 e. The Kier molecular flexibility index (Phi) is 5.98. The van der Waals surface area contributed by atoms with E-state index in [1.54, 1.807) is 6.07 Å². The molecule has 1 saturated heterocycles. The summed E-state index contributed by atoms with van der Waals surface area (Å²) < 4.78 is 27.7. The van der Waals surface area contributed by atoms with Crippen molar-refractivity contribution in [1.82, 2.24) is 9.62 Å². The topological polar surface area (TPSA) is 66.5 Å². The predicted octanol–water partition coefficient (Wildman–Crippen LogP) is 3.97. The van der Waals surface area contributed by atoms with E-state index in [2.05, 4.69) is 17.4 Å². The first-order valence-electron chi connectivity index (χ1n) is 10.8. The third-order valence-electron chi connectivity index (χ3n) is 6.32. The van der Waals surface area contributed by atoms with E-state index in [0.717, 1.165) is 29.5 Å². The van der Waals surface area contributed by atoms with Crippen molar-refractivity contribution >= 4 is 15.9 Å². The Bertz CT molecular complexity index is 1010. The van der Waals surface area contributed by atoms with Gasteiger partial charge in [0.25, 0.3) is 0 Å². The minimum absolute atomic E-state index is 0.0549. The Morgan fingerprint density at radius 3 is 2.27 bits per heavy atom. The highest BCUT2D eigenvalue weighted by Gasteiger charge is 2.37. The van der Waals surface area contributed by atoms with Gasteiger partial charge in [0.15, 0.2) is 0 Å². The highest BCUT2D eigenvalue weighted by Crippen LogP contribution is 2.41. The first kappa shape index (κ1) is 21.1. The van der Waals surface area contributed by atoms with Crippen LogP contribution < -0.4 is 5.32 Å². The van der Waals surface area contributed by atoms with Crippen LogP contribution in [-0.4, -0.2) is 31.7 Å². The molecule has 0 aromatic heterocycles. The number of benzene rings is 2. The van der Waals surface area contributed by atoms with Gasteiger partial charge in [0, 0.05) is 19.0 Å². The number of sulfonamides is 1. The van der Waals surface area contributed by atoms with Gasteiger partial charge in [-0.2, -0.15) is 4.31 Å². The molecule has 1 heterocycles. The number of rotatable bonds is 6. The largest absolute Gasteiger partial charge is 0.349 e. The Morgan fingerprint density at radius 1 is 1.00 bits per heavy atom. The molecule has 2 fully saturated rings. The maximum atomic E-state index is 13.1. The molecule has 6 heteroatoms. The lowest BCUT2D eigenvalue weighted by molar-refractivity contribution is -0.127. The molecule has 2 aliphatic rings. The van der Waals surface area contributed by atoms with Gasteiger partial charge in [0.1, 0.15) is 0 Å². The van der Waals surface area contributed by atoms with E-state index in [-0.39, 0.29) is 17.9 Å². The summed E-state index contributed by atoms with van der Waals surface area (Å²) in [6, 6.07) is 15.6. The average molecular weight is 427 g/mol. The fourth-order valence-corrected chi connectivity index (χ4v) is 6.10. The lowest BCUT2D eigenvalue weighted by Crippen LogP contribution is -2.44. The molecule has 1 saturated carbocycles. The SMILES string of the molecule is Cc1ccc(S(=O)(=O)N2CCC(C(=O)N[C@H](c3ccccc3)C3CC3)CC2)c(C)c1. The zero-order chi connectivity index (χ0) is 21.3. The fraction of sp³-hybridized carbons (Fsp3) is 0.458. The molecule has 2 aromatic carbocycles. The van der Waals surface area contributed by atoms with Gasteiger partial charge in [-0.05, 0) is 62.6 Å². The molecular formula is C24H30N2O3S. The van der Waals surface area contributed by atoms with Crippen LogP contribution in [0.3, 0.4) is 0 Å². The van der Waals surface area contributed by atoms with Crippen LogP contribution in [0.15, 0.2) is 53.4 Å². The number of hydrogen-bond acceptors (Lipinski definition) is 3. The summed E-state index contributed by atoms with van der Waals surface area (Å²) in [4.78, 5) is 13.3. The predicted molar refractivity (Wildman–Crippen MR) is 117 cm³/mol. The van der Waals surface area contributed by atoms with E-state index in [4.69, 9.17) is 0 Å². The second-order valence-corrected chi connectivity index (χ2v) is 10.6. The van der Waals surface area contributed by atoms with Crippen LogP contribution in [0.25, 0.3) is 0 Å². The molecule has 0 bridgehead atoms. The van der Waals surface area contributed by atoms with Crippen molar-refractivity contribution in [2.75, 3.05) is 13.1 Å². The second-order valence-electron chi connectivity index (χ2n) is 8.68. The standard InChI is InChI=1S/C24H30N2O3S/c1-17-8-11-22(18(2)16-17)30(28,29)26-14-12-21(13-15-26)24(27)25-23(20-9-10-20)19-6-4-3-5-7-19/h3-8,11,16,20-21,23H,9-10,12-15H2,1-2H3,(H,25,27)/t23-/m1/s1. The number of aryl methyl sites for hydroxylation is 2. The van der Waals surface area contributed by atoms with Gasteiger partial charge >= 0.3 is 0 Å². The summed E-state index contributed by atoms with van der Waals surface area (Å²) >= 11 is 0. The van der Waals surface area contributed by atoms with E-state index in [1.165, 1.54) is 4.31 Å². The van der Waals surface area contributed by atoms with Crippen LogP contribution in [0.2, 0.25) is 0 Å². The molecule has 2 aromatic rings. The fourth-order valence-electron chi connectivity index (χ4n) is 4.42. The lowest BCUT2D eigenvalue weighted by atomic mass is 9.95. The molecule has 4 rings (SSSR count). The highest BCUT2D eigenvalue weighted by atomic mass is 32.2. The van der Waals surface area contributed by atoms with Crippen LogP contribution in [0, 0.1) is 25.7 Å². The van der Waals surface area contributed by atoms with E-state index in [0.29, 0.717) is 36.7 Å². The minimum Gasteiger partial charge on any atom is -0.349 e. The molecule has 1 atom stereocenters. The van der Waals surface area contributed by atoms with Crippen LogP contribution in [0.1, 0.15) is 48.4 Å². The Labute approximate surface area is 179 Å². The van der Waals surface area contributed by atoms with Crippen molar-refractivity contribution < 1.29 is 13.2 Å². The average Bonchev–Trinajstić information content (AvgIpc) is 3.57. The van der Waals surface area contributed by atoms with Crippen LogP contribution in [-0.2, 0) is 14.8 Å². The third-order valence-corrected chi connectivity index (χ3v) is 8.38. The second kappa shape index (κ2) is 8.52. The van der Waals surface area contributed by atoms with Crippen LogP contribution in [0.5, 0.6) is 0 Å². The van der Waals surface area contributed by atoms with E-state index in [1.807, 2.05) is 44.2 Å². The number of amides is 1. The molecule has 30 heavy (non-hydrogen) atoms. The molecular weight excluding hydrogens is 396 g/mol. The summed E-state index contributed by atoms with van der Waals surface area (Å²) in [5.41, 5.74) is 2.97. The third kappa shape index (κ3) is 4.44. The molecule has 5 nitrogen and oxygen atoms in total. The summed E-state index contributed by atoms with van der Waals surface area (Å²) in [6.45, 7) is 4.56. The molecule has 1 amide bonds. The van der Waals surface area contributed by atoms with Crippen molar-refractivity contribution in [2.24, 2.45) is 11.8 Å². The minimum atomic E-state index is -3.53. The number of piperidine rings is 1. The number of nitrogens with one attached hydrogen (secondary N) is 1. The van der Waals surface area contributed by atoms with Crippen molar-refractivity contribution in [3.63, 3.8) is 0 Å². The highest BCUT2D eigenvalue weighted by molar-refractivity contribution is 7.89.